The molecule has 0 aliphatic carbocycles. The molecule has 2 heterocycles. The molecule has 0 spiro atoms. The summed E-state index contributed by atoms with van der Waals surface area (Å²) < 4.78 is 0. The lowest BCUT2D eigenvalue weighted by molar-refractivity contribution is 0.147. The van der Waals surface area contributed by atoms with Gasteiger partial charge in [-0.25, -0.2) is 0 Å². The number of nitrogens with zero attached hydrogens (tertiary/aromatic N) is 2. The summed E-state index contributed by atoms with van der Waals surface area (Å²) in [6.45, 7) is 8.46. The number of likely N-dealkylation sites (N-methyl/N-ethyl adjacent to an activating group) is 1. The molecule has 2 N–H and O–H groups in total. The van der Waals surface area contributed by atoms with E-state index in [4.69, 9.17) is 0 Å². The van der Waals surface area contributed by atoms with E-state index in [0.717, 1.165) is 19.0 Å². The van der Waals surface area contributed by atoms with Crippen LogP contribution < -0.4 is 5.32 Å². The molecule has 4 nitrogen and oxygen atoms in total. The van der Waals surface area contributed by atoms with Crippen molar-refractivity contribution in [1.29, 1.82) is 0 Å². The van der Waals surface area contributed by atoms with Gasteiger partial charge in [-0.15, -0.1) is 0 Å². The minimum atomic E-state index is -0.123. The zero-order valence-corrected chi connectivity index (χ0v) is 12.0. The normalized spacial score (nSPS) is 29.8. The first-order chi connectivity index (χ1) is 8.67. The number of hydrogen-bond acceptors (Lipinski definition) is 4. The second kappa shape index (κ2) is 6.33. The second-order valence-electron chi connectivity index (χ2n) is 6.20. The summed E-state index contributed by atoms with van der Waals surface area (Å²) in [7, 11) is 1.94. The zero-order valence-electron chi connectivity index (χ0n) is 12.0. The molecule has 0 amide bonds. The number of hydrogen-bond donors (Lipinski definition) is 2. The molecule has 4 heteroatoms. The minimum Gasteiger partial charge on any atom is -0.394 e. The van der Waals surface area contributed by atoms with Gasteiger partial charge in [0.2, 0.25) is 0 Å². The molecule has 0 bridgehead atoms. The summed E-state index contributed by atoms with van der Waals surface area (Å²) in [6.07, 6.45) is 5.07. The summed E-state index contributed by atoms with van der Waals surface area (Å²) in [4.78, 5) is 5.27. The fourth-order valence-corrected chi connectivity index (χ4v) is 3.17. The molecule has 18 heavy (non-hydrogen) atoms. The van der Waals surface area contributed by atoms with Gasteiger partial charge in [0, 0.05) is 24.7 Å². The molecule has 0 aromatic heterocycles. The van der Waals surface area contributed by atoms with Crippen LogP contribution in [0.5, 0.6) is 0 Å². The van der Waals surface area contributed by atoms with Gasteiger partial charge in [0.05, 0.1) is 6.61 Å². The van der Waals surface area contributed by atoms with E-state index in [9.17, 15) is 5.11 Å². The van der Waals surface area contributed by atoms with E-state index in [2.05, 4.69) is 22.0 Å². The molecule has 0 radical (unpaired) electrons. The minimum absolute atomic E-state index is 0.123. The molecule has 2 atom stereocenters. The Morgan fingerprint density at radius 3 is 2.78 bits per heavy atom. The summed E-state index contributed by atoms with van der Waals surface area (Å²) in [5.74, 6) is 0. The van der Waals surface area contributed by atoms with Crippen LogP contribution in [0.15, 0.2) is 0 Å². The van der Waals surface area contributed by atoms with Crippen LogP contribution in [0.2, 0.25) is 0 Å². The molecule has 2 fully saturated rings. The predicted octanol–water partition coefficient (Wildman–Crippen LogP) is 0.517. The topological polar surface area (TPSA) is 38.7 Å². The Labute approximate surface area is 111 Å². The Balaban J connectivity index is 1.82. The van der Waals surface area contributed by atoms with Crippen molar-refractivity contribution < 1.29 is 5.11 Å². The third-order valence-corrected chi connectivity index (χ3v) is 4.82. The van der Waals surface area contributed by atoms with Crippen molar-refractivity contribution in [1.82, 2.24) is 15.1 Å². The van der Waals surface area contributed by atoms with Gasteiger partial charge in [-0.2, -0.15) is 0 Å². The van der Waals surface area contributed by atoms with Crippen molar-refractivity contribution in [3.05, 3.63) is 0 Å². The van der Waals surface area contributed by atoms with E-state index in [1.54, 1.807) is 0 Å². The van der Waals surface area contributed by atoms with Crippen LogP contribution in [-0.2, 0) is 0 Å². The van der Waals surface area contributed by atoms with E-state index in [0.29, 0.717) is 0 Å². The van der Waals surface area contributed by atoms with Crippen LogP contribution in [0.25, 0.3) is 0 Å². The number of aliphatic hydroxyl groups excluding tert-OH is 1. The van der Waals surface area contributed by atoms with Crippen molar-refractivity contribution in [2.24, 2.45) is 0 Å². The quantitative estimate of drug-likeness (QED) is 0.751. The van der Waals surface area contributed by atoms with E-state index in [1.165, 1.54) is 45.4 Å². The zero-order chi connectivity index (χ0) is 13.0. The molecule has 2 rings (SSSR count). The third kappa shape index (κ3) is 3.44. The average molecular weight is 255 g/mol. The average Bonchev–Trinajstić information content (AvgIpc) is 2.74. The van der Waals surface area contributed by atoms with Gasteiger partial charge >= 0.3 is 0 Å². The van der Waals surface area contributed by atoms with E-state index >= 15 is 0 Å². The van der Waals surface area contributed by atoms with Gasteiger partial charge in [-0.05, 0) is 59.3 Å². The molecule has 0 aromatic carbocycles. The smallest absolute Gasteiger partial charge is 0.0610 e. The Morgan fingerprint density at radius 2 is 2.06 bits per heavy atom. The summed E-state index contributed by atoms with van der Waals surface area (Å²) >= 11 is 0. The van der Waals surface area contributed by atoms with Crippen LogP contribution in [0.4, 0.5) is 0 Å². The summed E-state index contributed by atoms with van der Waals surface area (Å²) in [5.41, 5.74) is -0.123. The number of fused-ring (bicyclic) bond motifs is 1. The Hall–Kier alpha value is -0.160. The van der Waals surface area contributed by atoms with Crippen molar-refractivity contribution in [3.8, 4) is 0 Å². The lowest BCUT2D eigenvalue weighted by Gasteiger charge is -2.31. The van der Waals surface area contributed by atoms with Crippen LogP contribution in [0, 0.1) is 0 Å². The highest BCUT2D eigenvalue weighted by molar-refractivity contribution is 4.87. The largest absolute Gasteiger partial charge is 0.394 e. The van der Waals surface area contributed by atoms with Crippen LogP contribution in [0.3, 0.4) is 0 Å². The van der Waals surface area contributed by atoms with Gasteiger partial charge in [0.1, 0.15) is 0 Å². The van der Waals surface area contributed by atoms with Gasteiger partial charge in [-0.3, -0.25) is 4.90 Å². The molecule has 106 valence electrons. The Morgan fingerprint density at radius 1 is 1.28 bits per heavy atom. The molecule has 0 saturated carbocycles. The first kappa shape index (κ1) is 14.3. The first-order valence-electron chi connectivity index (χ1n) is 7.43. The molecule has 0 aromatic rings. The molecular formula is C14H29N3O. The van der Waals surface area contributed by atoms with Gasteiger partial charge in [-0.1, -0.05) is 0 Å². The maximum atomic E-state index is 9.43. The van der Waals surface area contributed by atoms with E-state index in [-0.39, 0.29) is 12.1 Å². The third-order valence-electron chi connectivity index (χ3n) is 4.82. The highest BCUT2D eigenvalue weighted by Gasteiger charge is 2.29. The number of nitrogens with one attached hydrogen (secondary N) is 1. The number of aliphatic hydroxyl groups is 1. The lowest BCUT2D eigenvalue weighted by atomic mass is 9.99. The molecule has 2 aliphatic heterocycles. The highest BCUT2D eigenvalue weighted by atomic mass is 16.3. The van der Waals surface area contributed by atoms with Crippen molar-refractivity contribution >= 4 is 0 Å². The van der Waals surface area contributed by atoms with Gasteiger partial charge in [0.25, 0.3) is 0 Å². The summed E-state index contributed by atoms with van der Waals surface area (Å²) in [5, 5.41) is 12.7. The van der Waals surface area contributed by atoms with E-state index < -0.39 is 0 Å². The highest BCUT2D eigenvalue weighted by Crippen LogP contribution is 2.22. The maximum Gasteiger partial charge on any atom is 0.0610 e. The summed E-state index contributed by atoms with van der Waals surface area (Å²) in [6, 6.07) is 0.794. The number of rotatable bonds is 5. The van der Waals surface area contributed by atoms with Gasteiger partial charge in [0.15, 0.2) is 0 Å². The molecule has 2 unspecified atom stereocenters. The van der Waals surface area contributed by atoms with E-state index in [1.807, 2.05) is 7.05 Å². The van der Waals surface area contributed by atoms with Crippen LogP contribution in [0.1, 0.15) is 32.6 Å². The Kier molecular flexibility index (Phi) is 5.01. The second-order valence-corrected chi connectivity index (χ2v) is 6.20. The van der Waals surface area contributed by atoms with Gasteiger partial charge < -0.3 is 15.3 Å². The molecular weight excluding hydrogens is 226 g/mol. The van der Waals surface area contributed by atoms with Crippen LogP contribution in [-0.4, -0.2) is 72.9 Å². The van der Waals surface area contributed by atoms with Crippen LogP contribution >= 0.6 is 0 Å². The molecule has 2 saturated heterocycles. The SMILES string of the molecule is CNC(C)(CO)CCN1CCCN2CCCC2C1. The fourth-order valence-electron chi connectivity index (χ4n) is 3.17. The standard InChI is InChI=1S/C14H29N3O/c1-14(12-18,15-2)6-10-16-7-4-9-17-8-3-5-13(17)11-16/h13,15,18H,3-12H2,1-2H3. The van der Waals surface area contributed by atoms with Crippen molar-refractivity contribution in [2.75, 3.05) is 46.4 Å². The first-order valence-corrected chi connectivity index (χ1v) is 7.43. The van der Waals surface area contributed by atoms with Crippen molar-refractivity contribution in [2.45, 2.75) is 44.2 Å². The molecule has 2 aliphatic rings. The maximum absolute atomic E-state index is 9.43. The van der Waals surface area contributed by atoms with Crippen molar-refractivity contribution in [3.63, 3.8) is 0 Å². The fraction of sp³-hybridized carbons (Fsp3) is 1.00. The Bertz CT molecular complexity index is 255. The predicted molar refractivity (Wildman–Crippen MR) is 74.8 cm³/mol. The lowest BCUT2D eigenvalue weighted by Crippen LogP contribution is -2.47. The monoisotopic (exact) mass is 255 g/mol.